The lowest BCUT2D eigenvalue weighted by molar-refractivity contribution is 0.102. The highest BCUT2D eigenvalue weighted by Crippen LogP contribution is 2.25. The van der Waals surface area contributed by atoms with E-state index < -0.39 is 11.7 Å². The minimum atomic E-state index is -0.437. The molecule has 3 aromatic carbocycles. The van der Waals surface area contributed by atoms with Gasteiger partial charge in [-0.1, -0.05) is 6.07 Å². The molecule has 9 heteroatoms. The minimum Gasteiger partial charge on any atom is -0.371 e. The van der Waals surface area contributed by atoms with Crippen molar-refractivity contribution in [3.8, 4) is 5.69 Å². The Hall–Kier alpha value is -4.24. The summed E-state index contributed by atoms with van der Waals surface area (Å²) in [6, 6.07) is 15.7. The molecule has 6 rings (SSSR count). The van der Waals surface area contributed by atoms with Gasteiger partial charge in [-0.3, -0.25) is 14.2 Å². The summed E-state index contributed by atoms with van der Waals surface area (Å²) in [4.78, 5) is 38.2. The normalized spacial score (nSPS) is 16.3. The summed E-state index contributed by atoms with van der Waals surface area (Å²) < 4.78 is 16.0. The fourth-order valence-electron chi connectivity index (χ4n) is 5.73. The van der Waals surface area contributed by atoms with Crippen LogP contribution in [0.5, 0.6) is 0 Å². The second kappa shape index (κ2) is 11.3. The number of carbonyl (C=O) groups excluding carboxylic acids is 1. The van der Waals surface area contributed by atoms with Crippen LogP contribution in [0.25, 0.3) is 16.6 Å². The maximum absolute atomic E-state index is 14.5. The van der Waals surface area contributed by atoms with Crippen LogP contribution in [0.4, 0.5) is 21.5 Å². The molecule has 0 radical (unpaired) electrons. The average Bonchev–Trinajstić information content (AvgIpc) is 2.99. The maximum atomic E-state index is 14.5. The predicted molar refractivity (Wildman–Crippen MR) is 162 cm³/mol. The second-order valence-electron chi connectivity index (χ2n) is 11.1. The van der Waals surface area contributed by atoms with Crippen molar-refractivity contribution >= 4 is 33.9 Å². The first-order chi connectivity index (χ1) is 19.9. The SMILES string of the molecule is Cc1ccc(NC(=O)c2cc(F)cc(N3CCCCC3)c2)cc1-n1cnc2ccc(N3CCN(C)CC3)cc2c1=O. The van der Waals surface area contributed by atoms with Crippen molar-refractivity contribution in [2.45, 2.75) is 26.2 Å². The number of nitrogens with zero attached hydrogens (tertiary/aromatic N) is 5. The van der Waals surface area contributed by atoms with E-state index in [1.165, 1.54) is 29.4 Å². The lowest BCUT2D eigenvalue weighted by atomic mass is 10.1. The lowest BCUT2D eigenvalue weighted by Crippen LogP contribution is -2.44. The highest BCUT2D eigenvalue weighted by molar-refractivity contribution is 6.05. The van der Waals surface area contributed by atoms with Crippen molar-refractivity contribution in [1.29, 1.82) is 0 Å². The van der Waals surface area contributed by atoms with Gasteiger partial charge < -0.3 is 20.0 Å². The Kier molecular flexibility index (Phi) is 7.45. The number of halogens is 1. The van der Waals surface area contributed by atoms with Crippen molar-refractivity contribution in [3.05, 3.63) is 88.2 Å². The predicted octanol–water partition coefficient (Wildman–Crippen LogP) is 4.83. The average molecular weight is 555 g/mol. The zero-order valence-electron chi connectivity index (χ0n) is 23.6. The van der Waals surface area contributed by atoms with Crippen LogP contribution < -0.4 is 20.7 Å². The molecule has 2 aliphatic rings. The standard InChI is InChI=1S/C32H35FN6O2/c1-22-6-7-25(35-31(40)23-16-24(33)18-27(17-23)37-10-4-3-5-11-37)19-30(22)39-21-34-29-9-8-26(20-28(29)32(39)41)38-14-12-36(2)13-15-38/h6-9,16-21H,3-5,10-15H2,1-2H3,(H,35,40). The number of rotatable bonds is 5. The Bertz CT molecular complexity index is 1650. The number of hydrogen-bond acceptors (Lipinski definition) is 6. The van der Waals surface area contributed by atoms with E-state index in [9.17, 15) is 14.0 Å². The van der Waals surface area contributed by atoms with Gasteiger partial charge in [0.15, 0.2) is 0 Å². The Balaban J connectivity index is 1.28. The van der Waals surface area contributed by atoms with Crippen LogP contribution in [0.1, 0.15) is 35.2 Å². The Labute approximate surface area is 239 Å². The Morgan fingerprint density at radius 3 is 2.39 bits per heavy atom. The van der Waals surface area contributed by atoms with Gasteiger partial charge in [-0.15, -0.1) is 0 Å². The van der Waals surface area contributed by atoms with E-state index >= 15 is 0 Å². The first kappa shape index (κ1) is 27.0. The van der Waals surface area contributed by atoms with Gasteiger partial charge in [0.2, 0.25) is 0 Å². The van der Waals surface area contributed by atoms with Gasteiger partial charge in [0.1, 0.15) is 12.1 Å². The fourth-order valence-corrected chi connectivity index (χ4v) is 5.73. The Morgan fingerprint density at radius 2 is 1.61 bits per heavy atom. The number of nitrogens with one attached hydrogen (secondary N) is 1. The van der Waals surface area contributed by atoms with Gasteiger partial charge >= 0.3 is 0 Å². The number of aromatic nitrogens is 2. The Morgan fingerprint density at radius 1 is 0.854 bits per heavy atom. The fraction of sp³-hybridized carbons (Fsp3) is 0.344. The molecule has 1 aromatic heterocycles. The van der Waals surface area contributed by atoms with Crippen LogP contribution in [0.2, 0.25) is 0 Å². The molecule has 0 aliphatic carbocycles. The number of likely N-dealkylation sites (N-methyl/N-ethyl adjacent to an activating group) is 1. The van der Waals surface area contributed by atoms with Crippen LogP contribution >= 0.6 is 0 Å². The summed E-state index contributed by atoms with van der Waals surface area (Å²) in [5, 5.41) is 3.44. The zero-order chi connectivity index (χ0) is 28.5. The monoisotopic (exact) mass is 554 g/mol. The molecule has 0 saturated carbocycles. The molecule has 0 unspecified atom stereocenters. The summed E-state index contributed by atoms with van der Waals surface area (Å²) in [6.07, 6.45) is 4.82. The van der Waals surface area contributed by atoms with Gasteiger partial charge in [-0.05, 0) is 87.3 Å². The number of anilines is 3. The van der Waals surface area contributed by atoms with E-state index in [1.807, 2.05) is 31.2 Å². The number of amides is 1. The highest BCUT2D eigenvalue weighted by atomic mass is 19.1. The van der Waals surface area contributed by atoms with Gasteiger partial charge in [-0.2, -0.15) is 0 Å². The third-order valence-corrected chi connectivity index (χ3v) is 8.20. The van der Waals surface area contributed by atoms with Gasteiger partial charge in [0.25, 0.3) is 11.5 Å². The smallest absolute Gasteiger partial charge is 0.265 e. The number of hydrogen-bond donors (Lipinski definition) is 1. The molecule has 2 fully saturated rings. The third kappa shape index (κ3) is 5.67. The number of fused-ring (bicyclic) bond motifs is 1. The van der Waals surface area contributed by atoms with Gasteiger partial charge in [-0.25, -0.2) is 9.37 Å². The molecule has 3 heterocycles. The number of aryl methyl sites for hydroxylation is 1. The molecule has 212 valence electrons. The summed E-state index contributed by atoms with van der Waals surface area (Å²) in [6.45, 7) is 7.39. The van der Waals surface area contributed by atoms with Gasteiger partial charge in [0, 0.05) is 61.9 Å². The van der Waals surface area contributed by atoms with E-state index in [0.29, 0.717) is 22.3 Å². The van der Waals surface area contributed by atoms with Crippen molar-refractivity contribution in [3.63, 3.8) is 0 Å². The third-order valence-electron chi connectivity index (χ3n) is 8.20. The zero-order valence-corrected chi connectivity index (χ0v) is 23.6. The molecule has 0 spiro atoms. The van der Waals surface area contributed by atoms with Crippen molar-refractivity contribution in [1.82, 2.24) is 14.5 Å². The summed E-state index contributed by atoms with van der Waals surface area (Å²) in [7, 11) is 2.12. The largest absolute Gasteiger partial charge is 0.371 e. The first-order valence-electron chi connectivity index (χ1n) is 14.3. The van der Waals surface area contributed by atoms with Crippen LogP contribution in [0, 0.1) is 12.7 Å². The molecule has 1 amide bonds. The van der Waals surface area contributed by atoms with Gasteiger partial charge in [0.05, 0.1) is 16.6 Å². The van der Waals surface area contributed by atoms with Crippen LogP contribution in [0.3, 0.4) is 0 Å². The molecule has 41 heavy (non-hydrogen) atoms. The highest BCUT2D eigenvalue weighted by Gasteiger charge is 2.18. The summed E-state index contributed by atoms with van der Waals surface area (Å²) >= 11 is 0. The summed E-state index contributed by atoms with van der Waals surface area (Å²) in [5.41, 5.74) is 4.46. The first-order valence-corrected chi connectivity index (χ1v) is 14.3. The molecule has 0 bridgehead atoms. The lowest BCUT2D eigenvalue weighted by Gasteiger charge is -2.34. The molecule has 1 N–H and O–H groups in total. The number of piperidine rings is 1. The van der Waals surface area contributed by atoms with E-state index in [2.05, 4.69) is 32.0 Å². The quantitative estimate of drug-likeness (QED) is 0.381. The maximum Gasteiger partial charge on any atom is 0.265 e. The second-order valence-corrected chi connectivity index (χ2v) is 11.1. The van der Waals surface area contributed by atoms with E-state index in [1.54, 1.807) is 18.2 Å². The molecule has 2 saturated heterocycles. The van der Waals surface area contributed by atoms with E-state index in [-0.39, 0.29) is 11.1 Å². The minimum absolute atomic E-state index is 0.172. The molecule has 0 atom stereocenters. The topological polar surface area (TPSA) is 73.7 Å². The molecule has 4 aromatic rings. The number of piperazine rings is 1. The van der Waals surface area contributed by atoms with Crippen LogP contribution in [-0.4, -0.2) is 66.7 Å². The van der Waals surface area contributed by atoms with E-state index in [4.69, 9.17) is 0 Å². The van der Waals surface area contributed by atoms with Crippen molar-refractivity contribution in [2.24, 2.45) is 0 Å². The molecular formula is C32H35FN6O2. The molecular weight excluding hydrogens is 519 g/mol. The van der Waals surface area contributed by atoms with Crippen molar-refractivity contribution in [2.75, 3.05) is 61.4 Å². The van der Waals surface area contributed by atoms with Crippen LogP contribution in [-0.2, 0) is 0 Å². The summed E-state index contributed by atoms with van der Waals surface area (Å²) in [5.74, 6) is -0.842. The van der Waals surface area contributed by atoms with Crippen LogP contribution in [0.15, 0.2) is 65.7 Å². The molecule has 8 nitrogen and oxygen atoms in total. The van der Waals surface area contributed by atoms with Crippen molar-refractivity contribution < 1.29 is 9.18 Å². The van der Waals surface area contributed by atoms with E-state index in [0.717, 1.165) is 69.0 Å². The number of benzene rings is 3. The molecule has 2 aliphatic heterocycles. The number of carbonyl (C=O) groups is 1.